The topological polar surface area (TPSA) is 102 Å². The molecule has 0 saturated carbocycles. The van der Waals surface area contributed by atoms with Crippen LogP contribution in [0.25, 0.3) is 11.1 Å². The molecule has 2 atom stereocenters. The number of hydrogen-bond acceptors (Lipinski definition) is 8. The van der Waals surface area contributed by atoms with Crippen LogP contribution in [0.3, 0.4) is 0 Å². The van der Waals surface area contributed by atoms with Gasteiger partial charge in [0.1, 0.15) is 0 Å². The van der Waals surface area contributed by atoms with E-state index in [-0.39, 0.29) is 0 Å². The fourth-order valence-corrected chi connectivity index (χ4v) is 4.26. The van der Waals surface area contributed by atoms with Crippen molar-refractivity contribution in [3.05, 3.63) is 142 Å². The number of ether oxygens (including phenoxy) is 2. The van der Waals surface area contributed by atoms with E-state index in [0.717, 1.165) is 33.4 Å². The average Bonchev–Trinajstić information content (AvgIpc) is 3.03. The van der Waals surface area contributed by atoms with Crippen LogP contribution in [0, 0.1) is 0 Å². The molecule has 0 aliphatic carbocycles. The Bertz CT molecular complexity index is 1430. The van der Waals surface area contributed by atoms with Crippen LogP contribution >= 0.6 is 23.2 Å². The van der Waals surface area contributed by atoms with Crippen LogP contribution in [-0.4, -0.2) is 48.5 Å². The Hall–Kier alpha value is -4.34. The molecule has 0 amide bonds. The van der Waals surface area contributed by atoms with Gasteiger partial charge in [-0.15, -0.1) is 0 Å². The van der Waals surface area contributed by atoms with Crippen molar-refractivity contribution in [2.45, 2.75) is 12.5 Å². The summed E-state index contributed by atoms with van der Waals surface area (Å²) in [6.07, 6.45) is 8.14. The maximum atomic E-state index is 12.9. The second-order valence-electron chi connectivity index (χ2n) is 8.89. The van der Waals surface area contributed by atoms with E-state index < -0.39 is 24.4 Å². The minimum Gasteiger partial charge on any atom is -0.434 e. The second kappa shape index (κ2) is 15.0. The van der Waals surface area contributed by atoms with E-state index in [1.165, 1.54) is 0 Å². The highest BCUT2D eigenvalue weighted by atomic mass is 35.5. The van der Waals surface area contributed by atoms with Crippen molar-refractivity contribution in [2.24, 2.45) is 0 Å². The Morgan fingerprint density at radius 2 is 1.02 bits per heavy atom. The Morgan fingerprint density at radius 1 is 0.643 bits per heavy atom. The lowest BCUT2D eigenvalue weighted by Crippen LogP contribution is -2.37. The summed E-state index contributed by atoms with van der Waals surface area (Å²) in [4.78, 5) is 34.1. The second-order valence-corrected chi connectivity index (χ2v) is 9.76. The van der Waals surface area contributed by atoms with E-state index in [4.69, 9.17) is 32.7 Å². The molecule has 2 heterocycles. The molecule has 4 aromatic rings. The van der Waals surface area contributed by atoms with Gasteiger partial charge in [-0.25, -0.2) is 9.59 Å². The first kappa shape index (κ1) is 30.6. The van der Waals surface area contributed by atoms with E-state index in [1.54, 1.807) is 87.4 Å². The number of esters is 2. The Labute approximate surface area is 254 Å². The number of halogens is 2. The third kappa shape index (κ3) is 8.34. The monoisotopic (exact) mass is 602 g/mol. The van der Waals surface area contributed by atoms with Gasteiger partial charge in [-0.05, 0) is 84.9 Å². The molecule has 4 rings (SSSR count). The molecule has 2 aromatic heterocycles. The smallest absolute Gasteiger partial charge is 0.419 e. The zero-order valence-electron chi connectivity index (χ0n) is 22.8. The first-order chi connectivity index (χ1) is 20.4. The number of nitrogens with one attached hydrogen (secondary N) is 2. The minimum atomic E-state index is -1.17. The molecule has 0 bridgehead atoms. The maximum absolute atomic E-state index is 12.9. The van der Waals surface area contributed by atoms with Gasteiger partial charge >= 0.3 is 11.9 Å². The Kier molecular flexibility index (Phi) is 11.0. The minimum absolute atomic E-state index is 0.583. The summed E-state index contributed by atoms with van der Waals surface area (Å²) in [6.45, 7) is 0. The predicted octanol–water partition coefficient (Wildman–Crippen LogP) is 5.52. The van der Waals surface area contributed by atoms with Gasteiger partial charge < -0.3 is 9.47 Å². The number of aromatic nitrogens is 2. The first-order valence-electron chi connectivity index (χ1n) is 12.9. The summed E-state index contributed by atoms with van der Waals surface area (Å²) in [5.74, 6) is -2.34. The largest absolute Gasteiger partial charge is 0.434 e. The molecular formula is C32H28Cl2N4O4. The van der Waals surface area contributed by atoms with Crippen LogP contribution in [0.4, 0.5) is 0 Å². The lowest BCUT2D eigenvalue weighted by atomic mass is 9.98. The fourth-order valence-electron chi connectivity index (χ4n) is 4.00. The van der Waals surface area contributed by atoms with Crippen LogP contribution < -0.4 is 10.6 Å². The number of likely N-dealkylation sites (N-methyl/N-ethyl adjacent to an activating group) is 2. The number of carbonyl (C=O) groups excluding carboxylic acids is 2. The van der Waals surface area contributed by atoms with E-state index in [2.05, 4.69) is 20.6 Å². The fraction of sp³-hybridized carbons (Fsp3) is 0.125. The van der Waals surface area contributed by atoms with Crippen molar-refractivity contribution in [1.82, 2.24) is 20.6 Å². The van der Waals surface area contributed by atoms with Crippen molar-refractivity contribution in [3.63, 3.8) is 0 Å². The van der Waals surface area contributed by atoms with Gasteiger partial charge in [0.15, 0.2) is 12.5 Å². The third-order valence-corrected chi connectivity index (χ3v) is 6.60. The zero-order chi connectivity index (χ0) is 29.9. The summed E-state index contributed by atoms with van der Waals surface area (Å²) >= 11 is 12.2. The third-order valence-electron chi connectivity index (χ3n) is 6.10. The van der Waals surface area contributed by atoms with Crippen molar-refractivity contribution in [1.29, 1.82) is 0 Å². The highest BCUT2D eigenvalue weighted by molar-refractivity contribution is 6.31. The van der Waals surface area contributed by atoms with Gasteiger partial charge in [0.05, 0.1) is 0 Å². The molecule has 10 heteroatoms. The Morgan fingerprint density at radius 3 is 1.33 bits per heavy atom. The summed E-state index contributed by atoms with van der Waals surface area (Å²) in [6, 6.07) is 21.7. The van der Waals surface area contributed by atoms with Gasteiger partial charge in [-0.2, -0.15) is 0 Å². The number of nitrogens with zero attached hydrogens (tertiary/aromatic N) is 2. The molecule has 2 N–H and O–H groups in total. The van der Waals surface area contributed by atoms with Gasteiger partial charge in [0.25, 0.3) is 0 Å². The number of pyridine rings is 2. The van der Waals surface area contributed by atoms with Crippen LogP contribution in [0.15, 0.2) is 110 Å². The molecule has 2 aromatic carbocycles. The van der Waals surface area contributed by atoms with Crippen molar-refractivity contribution < 1.29 is 19.1 Å². The molecule has 0 saturated heterocycles. The number of hydrogen-bond donors (Lipinski definition) is 2. The predicted molar refractivity (Wildman–Crippen MR) is 163 cm³/mol. The van der Waals surface area contributed by atoms with Crippen LogP contribution in [0.2, 0.25) is 10.0 Å². The highest BCUT2D eigenvalue weighted by Gasteiger charge is 2.24. The Balaban J connectivity index is 1.55. The van der Waals surface area contributed by atoms with Crippen LogP contribution in [0.1, 0.15) is 22.3 Å². The normalized spacial score (nSPS) is 13.2. The molecular weight excluding hydrogens is 575 g/mol. The molecule has 214 valence electrons. The summed E-state index contributed by atoms with van der Waals surface area (Å²) in [5, 5.41) is 6.96. The molecule has 0 aliphatic rings. The van der Waals surface area contributed by atoms with E-state index in [0.29, 0.717) is 10.0 Å². The van der Waals surface area contributed by atoms with Crippen molar-refractivity contribution in [2.75, 3.05) is 14.1 Å². The van der Waals surface area contributed by atoms with Crippen LogP contribution in [0.5, 0.6) is 0 Å². The lowest BCUT2D eigenvalue weighted by molar-refractivity contribution is -0.172. The molecule has 42 heavy (non-hydrogen) atoms. The van der Waals surface area contributed by atoms with Crippen LogP contribution in [-0.2, 0) is 19.1 Å². The molecule has 0 aliphatic heterocycles. The van der Waals surface area contributed by atoms with Gasteiger partial charge in [-0.3, -0.25) is 20.6 Å². The standard InChI is InChI=1S/C32H28Cl2N4O4/c1-35-29(17-27(23-5-3-15-37-19-23)21-7-11-25(33)12-8-21)41-31(39)32(40)42-30(36-2)18-28(24-6-4-16-38-20-24)22-9-13-26(34)14-10-22/h3-20,29-30,35-36H,1-2H3. The average molecular weight is 604 g/mol. The summed E-state index contributed by atoms with van der Waals surface area (Å²) < 4.78 is 10.9. The summed E-state index contributed by atoms with van der Waals surface area (Å²) in [5.41, 5.74) is 4.64. The molecule has 0 spiro atoms. The molecule has 0 fully saturated rings. The maximum Gasteiger partial charge on any atom is 0.419 e. The van der Waals surface area contributed by atoms with E-state index >= 15 is 0 Å². The zero-order valence-corrected chi connectivity index (χ0v) is 24.3. The molecule has 0 radical (unpaired) electrons. The van der Waals surface area contributed by atoms with E-state index in [1.807, 2.05) is 36.4 Å². The quantitative estimate of drug-likeness (QED) is 0.139. The van der Waals surface area contributed by atoms with Gasteiger partial charge in [-0.1, -0.05) is 59.6 Å². The lowest BCUT2D eigenvalue weighted by Gasteiger charge is -2.18. The molecule has 8 nitrogen and oxygen atoms in total. The SMILES string of the molecule is CNC(C=C(c1ccc(Cl)cc1)c1cccnc1)OC(=O)C(=O)OC(C=C(c1ccc(Cl)cc1)c1cccnc1)NC. The van der Waals surface area contributed by atoms with Crippen molar-refractivity contribution >= 4 is 46.3 Å². The van der Waals surface area contributed by atoms with Gasteiger partial charge in [0, 0.05) is 46.0 Å². The van der Waals surface area contributed by atoms with E-state index in [9.17, 15) is 9.59 Å². The molecule has 2 unspecified atom stereocenters. The summed E-state index contributed by atoms with van der Waals surface area (Å²) in [7, 11) is 3.21. The number of rotatable bonds is 10. The van der Waals surface area contributed by atoms with Gasteiger partial charge in [0.2, 0.25) is 0 Å². The first-order valence-corrected chi connectivity index (χ1v) is 13.7. The van der Waals surface area contributed by atoms with Crippen molar-refractivity contribution in [3.8, 4) is 0 Å². The highest BCUT2D eigenvalue weighted by Crippen LogP contribution is 2.26. The number of benzene rings is 2. The number of carbonyl (C=O) groups is 2.